The van der Waals surface area contributed by atoms with Gasteiger partial charge in [-0.1, -0.05) is 0 Å². The number of carbonyl (C=O) groups excluding carboxylic acids is 1. The van der Waals surface area contributed by atoms with Crippen LogP contribution in [0.4, 0.5) is 0 Å². The van der Waals surface area contributed by atoms with Crippen LogP contribution in [0.15, 0.2) is 16.9 Å². The zero-order valence-electron chi connectivity index (χ0n) is 15.3. The summed E-state index contributed by atoms with van der Waals surface area (Å²) in [5, 5.41) is 0.464. The Labute approximate surface area is 151 Å². The molecule has 2 N–H and O–H groups in total. The third-order valence-electron chi connectivity index (χ3n) is 4.90. The molecule has 140 valence electrons. The van der Waals surface area contributed by atoms with Crippen molar-refractivity contribution in [3.63, 3.8) is 0 Å². The number of aromatic nitrogens is 2. The van der Waals surface area contributed by atoms with E-state index in [9.17, 15) is 9.59 Å². The van der Waals surface area contributed by atoms with Crippen LogP contribution in [0.2, 0.25) is 0 Å². The van der Waals surface area contributed by atoms with E-state index in [-0.39, 0.29) is 17.4 Å². The normalized spacial score (nSPS) is 20.0. The number of nitrogens with zero attached hydrogens (tertiary/aromatic N) is 1. The summed E-state index contributed by atoms with van der Waals surface area (Å²) in [4.78, 5) is 32.8. The first-order valence-electron chi connectivity index (χ1n) is 8.62. The number of H-pyrrole nitrogens is 1. The standard InChI is InChI=1S/C18H23N3O5/c1-24-14-8-12-13(9-15(14)25-2)19-16(20-17(12)22)10-21-6-4-11(5-7-21)18(23)26-3/h8-9,11H,4-7,10H2,1-3H3,(H,19,20,22)/p+1. The summed E-state index contributed by atoms with van der Waals surface area (Å²) in [5.74, 6) is 1.50. The van der Waals surface area contributed by atoms with Crippen molar-refractivity contribution in [3.8, 4) is 11.5 Å². The fourth-order valence-electron chi connectivity index (χ4n) is 3.44. The average Bonchev–Trinajstić information content (AvgIpc) is 2.67. The molecule has 26 heavy (non-hydrogen) atoms. The van der Waals surface area contributed by atoms with Crippen LogP contribution in [0, 0.1) is 5.92 Å². The van der Waals surface area contributed by atoms with Gasteiger partial charge in [0.25, 0.3) is 5.56 Å². The van der Waals surface area contributed by atoms with Crippen LogP contribution in [0.25, 0.3) is 10.9 Å². The molecule has 1 aliphatic rings. The average molecular weight is 362 g/mol. The zero-order chi connectivity index (χ0) is 18.7. The number of ether oxygens (including phenoxy) is 3. The molecule has 1 aromatic carbocycles. The third-order valence-corrected chi connectivity index (χ3v) is 4.90. The summed E-state index contributed by atoms with van der Waals surface area (Å²) in [5.41, 5.74) is 0.375. The molecule has 0 spiro atoms. The lowest BCUT2D eigenvalue weighted by atomic mass is 9.97. The molecule has 8 heteroatoms. The third kappa shape index (κ3) is 3.65. The minimum atomic E-state index is -0.199. The fourth-order valence-corrected chi connectivity index (χ4v) is 3.44. The van der Waals surface area contributed by atoms with E-state index >= 15 is 0 Å². The molecular weight excluding hydrogens is 338 g/mol. The van der Waals surface area contributed by atoms with Gasteiger partial charge in [-0.2, -0.15) is 0 Å². The van der Waals surface area contributed by atoms with Crippen LogP contribution >= 0.6 is 0 Å². The number of methoxy groups -OCH3 is 3. The van der Waals surface area contributed by atoms with E-state index in [4.69, 9.17) is 14.2 Å². The number of quaternary nitrogens is 1. The highest BCUT2D eigenvalue weighted by Crippen LogP contribution is 2.29. The van der Waals surface area contributed by atoms with Crippen LogP contribution in [-0.2, 0) is 16.1 Å². The first kappa shape index (κ1) is 18.2. The van der Waals surface area contributed by atoms with Crippen molar-refractivity contribution >= 4 is 16.9 Å². The van der Waals surface area contributed by atoms with E-state index in [0.29, 0.717) is 34.8 Å². The molecule has 1 fully saturated rings. The SMILES string of the molecule is COC(=O)C1CC[NH+](Cc2nc3cc(OC)c(OC)cc3c(=O)[nH]2)CC1. The Morgan fingerprint density at radius 1 is 1.19 bits per heavy atom. The molecule has 0 radical (unpaired) electrons. The molecule has 2 heterocycles. The summed E-state index contributed by atoms with van der Waals surface area (Å²) in [6.45, 7) is 2.29. The van der Waals surface area contributed by atoms with Crippen LogP contribution in [-0.4, -0.2) is 50.4 Å². The number of rotatable bonds is 5. The Morgan fingerprint density at radius 2 is 1.85 bits per heavy atom. The highest BCUT2D eigenvalue weighted by molar-refractivity contribution is 5.81. The lowest BCUT2D eigenvalue weighted by Gasteiger charge is -2.27. The number of nitrogens with one attached hydrogen (secondary N) is 2. The Balaban J connectivity index is 1.79. The summed E-state index contributed by atoms with van der Waals surface area (Å²) in [7, 11) is 4.50. The largest absolute Gasteiger partial charge is 0.493 e. The number of esters is 1. The molecule has 2 aromatic rings. The van der Waals surface area contributed by atoms with E-state index < -0.39 is 0 Å². The maximum Gasteiger partial charge on any atom is 0.309 e. The van der Waals surface area contributed by atoms with Crippen LogP contribution in [0.3, 0.4) is 0 Å². The Morgan fingerprint density at radius 3 is 2.46 bits per heavy atom. The molecular formula is C18H24N3O5+. The lowest BCUT2D eigenvalue weighted by molar-refractivity contribution is -0.920. The summed E-state index contributed by atoms with van der Waals surface area (Å²) in [6.07, 6.45) is 1.57. The Bertz CT molecular complexity index is 856. The quantitative estimate of drug-likeness (QED) is 0.722. The molecule has 0 atom stereocenters. The maximum absolute atomic E-state index is 12.4. The van der Waals surface area contributed by atoms with Crippen molar-refractivity contribution in [3.05, 3.63) is 28.3 Å². The highest BCUT2D eigenvalue weighted by Gasteiger charge is 2.28. The Hall–Kier alpha value is -2.61. The van der Waals surface area contributed by atoms with Gasteiger partial charge in [-0.05, 0) is 6.07 Å². The van der Waals surface area contributed by atoms with E-state index in [1.54, 1.807) is 19.2 Å². The second kappa shape index (κ2) is 7.74. The first-order chi connectivity index (χ1) is 12.5. The smallest absolute Gasteiger partial charge is 0.309 e. The Kier molecular flexibility index (Phi) is 5.41. The molecule has 1 aromatic heterocycles. The van der Waals surface area contributed by atoms with Gasteiger partial charge in [-0.25, -0.2) is 4.98 Å². The van der Waals surface area contributed by atoms with Gasteiger partial charge in [0, 0.05) is 18.9 Å². The number of fused-ring (bicyclic) bond motifs is 1. The topological polar surface area (TPSA) is 94.9 Å². The molecule has 0 amide bonds. The monoisotopic (exact) mass is 362 g/mol. The summed E-state index contributed by atoms with van der Waals surface area (Å²) >= 11 is 0. The fraction of sp³-hybridized carbons (Fsp3) is 0.500. The number of carbonyl (C=O) groups is 1. The second-order valence-electron chi connectivity index (χ2n) is 6.46. The van der Waals surface area contributed by atoms with Crippen molar-refractivity contribution in [2.45, 2.75) is 19.4 Å². The van der Waals surface area contributed by atoms with Gasteiger partial charge >= 0.3 is 5.97 Å². The van der Waals surface area contributed by atoms with Gasteiger partial charge in [0.2, 0.25) is 0 Å². The lowest BCUT2D eigenvalue weighted by Crippen LogP contribution is -3.12. The second-order valence-corrected chi connectivity index (χ2v) is 6.46. The van der Waals surface area contributed by atoms with Gasteiger partial charge in [0.15, 0.2) is 17.3 Å². The van der Waals surface area contributed by atoms with Crippen LogP contribution in [0.5, 0.6) is 11.5 Å². The predicted molar refractivity (Wildman–Crippen MR) is 94.6 cm³/mol. The molecule has 0 saturated carbocycles. The van der Waals surface area contributed by atoms with Gasteiger partial charge in [-0.3, -0.25) is 9.59 Å². The summed E-state index contributed by atoms with van der Waals surface area (Å²) in [6, 6.07) is 3.35. The van der Waals surface area contributed by atoms with Gasteiger partial charge in [0.05, 0.1) is 51.2 Å². The number of piperidine rings is 1. The first-order valence-corrected chi connectivity index (χ1v) is 8.62. The number of hydrogen-bond donors (Lipinski definition) is 2. The molecule has 3 rings (SSSR count). The molecule has 0 unspecified atom stereocenters. The zero-order valence-corrected chi connectivity index (χ0v) is 15.3. The number of benzene rings is 1. The van der Waals surface area contributed by atoms with E-state index in [2.05, 4.69) is 9.97 Å². The van der Waals surface area contributed by atoms with Crippen molar-refractivity contribution in [2.24, 2.45) is 5.92 Å². The molecule has 1 saturated heterocycles. The number of hydrogen-bond acceptors (Lipinski definition) is 6. The molecule has 8 nitrogen and oxygen atoms in total. The minimum Gasteiger partial charge on any atom is -0.493 e. The maximum atomic E-state index is 12.4. The molecule has 0 aliphatic carbocycles. The van der Waals surface area contributed by atoms with Crippen molar-refractivity contribution < 1.29 is 23.9 Å². The molecule has 1 aliphatic heterocycles. The van der Waals surface area contributed by atoms with E-state index in [1.807, 2.05) is 0 Å². The van der Waals surface area contributed by atoms with E-state index in [0.717, 1.165) is 25.9 Å². The van der Waals surface area contributed by atoms with Gasteiger partial charge < -0.3 is 24.1 Å². The highest BCUT2D eigenvalue weighted by atomic mass is 16.5. The van der Waals surface area contributed by atoms with Crippen molar-refractivity contribution in [1.29, 1.82) is 0 Å². The van der Waals surface area contributed by atoms with Gasteiger partial charge in [-0.15, -0.1) is 0 Å². The van der Waals surface area contributed by atoms with Crippen LogP contribution in [0.1, 0.15) is 18.7 Å². The van der Waals surface area contributed by atoms with Gasteiger partial charge in [0.1, 0.15) is 6.54 Å². The van der Waals surface area contributed by atoms with Crippen LogP contribution < -0.4 is 19.9 Å². The minimum absolute atomic E-state index is 0.0240. The number of aromatic amines is 1. The predicted octanol–water partition coefficient (Wildman–Crippen LogP) is -0.0918. The van der Waals surface area contributed by atoms with E-state index in [1.165, 1.54) is 19.1 Å². The van der Waals surface area contributed by atoms with Crippen molar-refractivity contribution in [1.82, 2.24) is 9.97 Å². The van der Waals surface area contributed by atoms with Crippen molar-refractivity contribution in [2.75, 3.05) is 34.4 Å². The summed E-state index contributed by atoms with van der Waals surface area (Å²) < 4.78 is 15.4. The molecule has 0 bridgehead atoms. The number of likely N-dealkylation sites (tertiary alicyclic amines) is 1.